The highest BCUT2D eigenvalue weighted by atomic mass is 16.1. The monoisotopic (exact) mass is 364 g/mol. The topological polar surface area (TPSA) is 74.2 Å². The number of aromatic amines is 1. The molecule has 1 fully saturated rings. The summed E-state index contributed by atoms with van der Waals surface area (Å²) in [6.07, 6.45) is 3.91. The first-order valence-corrected chi connectivity index (χ1v) is 9.11. The minimum Gasteiger partial charge on any atom is -0.366 e. The Morgan fingerprint density at radius 1 is 1.04 bits per heavy atom. The third kappa shape index (κ3) is 7.48. The zero-order valence-electron chi connectivity index (χ0n) is 15.6. The second-order valence-corrected chi connectivity index (χ2v) is 6.13. The van der Waals surface area contributed by atoms with Crippen molar-refractivity contribution in [1.82, 2.24) is 15.2 Å². The number of nitrogens with two attached hydrogens (primary N) is 1. The molecule has 0 spiro atoms. The third-order valence-corrected chi connectivity index (χ3v) is 4.12. The molecule has 1 aromatic heterocycles. The Balaban J connectivity index is 0.000000145. The second kappa shape index (κ2) is 11.7. The van der Waals surface area contributed by atoms with Crippen molar-refractivity contribution < 1.29 is 4.79 Å². The molecule has 1 amide bonds. The van der Waals surface area contributed by atoms with Gasteiger partial charge in [0.15, 0.2) is 0 Å². The van der Waals surface area contributed by atoms with Crippen LogP contribution >= 0.6 is 0 Å². The molecule has 0 unspecified atom stereocenters. The number of fused-ring (bicyclic) bond motifs is 1. The van der Waals surface area contributed by atoms with Gasteiger partial charge >= 0.3 is 0 Å². The number of nitrogens with one attached hydrogen (secondary N) is 2. The van der Waals surface area contributed by atoms with E-state index in [9.17, 15) is 4.79 Å². The first-order valence-electron chi connectivity index (χ1n) is 9.11. The van der Waals surface area contributed by atoms with Crippen LogP contribution in [0.25, 0.3) is 10.9 Å². The van der Waals surface area contributed by atoms with Gasteiger partial charge in [-0.25, -0.2) is 0 Å². The van der Waals surface area contributed by atoms with E-state index >= 15 is 0 Å². The van der Waals surface area contributed by atoms with E-state index in [0.717, 1.165) is 19.6 Å². The zero-order valence-corrected chi connectivity index (χ0v) is 15.6. The molecule has 2 aromatic carbocycles. The Kier molecular flexibility index (Phi) is 8.83. The number of carbonyl (C=O) groups is 1. The van der Waals surface area contributed by atoms with Crippen LogP contribution in [-0.2, 0) is 0 Å². The molecule has 4 rings (SSSR count). The minimum atomic E-state index is -0.379. The van der Waals surface area contributed by atoms with Gasteiger partial charge in [-0.05, 0) is 29.7 Å². The zero-order chi connectivity index (χ0) is 19.3. The number of primary amides is 1. The van der Waals surface area contributed by atoms with E-state index < -0.39 is 0 Å². The molecular weight excluding hydrogens is 336 g/mol. The summed E-state index contributed by atoms with van der Waals surface area (Å²) in [4.78, 5) is 15.9. The molecule has 3 aromatic rings. The van der Waals surface area contributed by atoms with Crippen LogP contribution in [0.4, 0.5) is 0 Å². The quantitative estimate of drug-likeness (QED) is 0.626. The van der Waals surface area contributed by atoms with Gasteiger partial charge in [-0.1, -0.05) is 42.5 Å². The van der Waals surface area contributed by atoms with Gasteiger partial charge in [-0.2, -0.15) is 0 Å². The fraction of sp³-hybridized carbons (Fsp3) is 0.227. The van der Waals surface area contributed by atoms with Crippen LogP contribution in [0.3, 0.4) is 0 Å². The number of hydrogen-bond acceptors (Lipinski definition) is 3. The highest BCUT2D eigenvalue weighted by molar-refractivity contribution is 5.92. The summed E-state index contributed by atoms with van der Waals surface area (Å²) in [5.74, 6) is -0.379. The normalized spacial score (nSPS) is 13.6. The highest BCUT2D eigenvalue weighted by Crippen LogP contribution is 2.09. The Morgan fingerprint density at radius 3 is 2.30 bits per heavy atom. The van der Waals surface area contributed by atoms with Crippen LogP contribution in [0.5, 0.6) is 0 Å². The summed E-state index contributed by atoms with van der Waals surface area (Å²) >= 11 is 0. The lowest BCUT2D eigenvalue weighted by molar-refractivity contribution is 0.100. The van der Waals surface area contributed by atoms with E-state index in [0.29, 0.717) is 5.56 Å². The molecule has 5 nitrogen and oxygen atoms in total. The standard InChI is InChI=1S/C8H7N.C7H14N2.C7H7NO/c1-2-4-8-7(3-1)5-6-9-8;1-2-5-9-6-3-8-4-7-9;8-7(9)6-4-2-1-3-5-6/h1-6,9H;2,8H,1,3-7H2;1-5H,(H2,8,9). The number of amides is 1. The summed E-state index contributed by atoms with van der Waals surface area (Å²) in [7, 11) is 0. The Hall–Kier alpha value is -2.89. The van der Waals surface area contributed by atoms with Gasteiger partial charge in [0.2, 0.25) is 5.91 Å². The molecule has 1 saturated heterocycles. The number of rotatable bonds is 3. The van der Waals surface area contributed by atoms with Gasteiger partial charge in [0.1, 0.15) is 0 Å². The lowest BCUT2D eigenvalue weighted by Gasteiger charge is -2.25. The first-order chi connectivity index (χ1) is 13.2. The van der Waals surface area contributed by atoms with Crippen molar-refractivity contribution in [3.05, 3.63) is 85.1 Å². The van der Waals surface area contributed by atoms with Crippen LogP contribution in [0.1, 0.15) is 10.4 Å². The maximum absolute atomic E-state index is 10.4. The lowest BCUT2D eigenvalue weighted by atomic mass is 10.2. The van der Waals surface area contributed by atoms with Gasteiger partial charge in [0.05, 0.1) is 0 Å². The second-order valence-electron chi connectivity index (χ2n) is 6.13. The number of aromatic nitrogens is 1. The van der Waals surface area contributed by atoms with Gasteiger partial charge in [-0.3, -0.25) is 9.69 Å². The number of piperazine rings is 1. The summed E-state index contributed by atoms with van der Waals surface area (Å²) in [5.41, 5.74) is 6.73. The van der Waals surface area contributed by atoms with E-state index in [4.69, 9.17) is 5.73 Å². The maximum Gasteiger partial charge on any atom is 0.248 e. The third-order valence-electron chi connectivity index (χ3n) is 4.12. The molecule has 0 aliphatic carbocycles. The van der Waals surface area contributed by atoms with Crippen LogP contribution in [-0.4, -0.2) is 48.5 Å². The predicted octanol–water partition coefficient (Wildman–Crippen LogP) is 3.03. The molecule has 1 aliphatic rings. The average Bonchev–Trinajstić information content (AvgIpc) is 3.20. The number of hydrogen-bond donors (Lipinski definition) is 3. The van der Waals surface area contributed by atoms with Gasteiger partial charge in [0, 0.05) is 50.0 Å². The van der Waals surface area contributed by atoms with Crippen molar-refractivity contribution in [3.63, 3.8) is 0 Å². The molecule has 2 heterocycles. The molecule has 1 aliphatic heterocycles. The molecule has 5 heteroatoms. The highest BCUT2D eigenvalue weighted by Gasteiger charge is 2.05. The largest absolute Gasteiger partial charge is 0.366 e. The fourth-order valence-corrected chi connectivity index (χ4v) is 2.67. The van der Waals surface area contributed by atoms with Gasteiger partial charge in [0.25, 0.3) is 0 Å². The fourth-order valence-electron chi connectivity index (χ4n) is 2.67. The summed E-state index contributed by atoms with van der Waals surface area (Å²) in [6.45, 7) is 9.35. The molecule has 0 radical (unpaired) electrons. The molecule has 142 valence electrons. The number of para-hydroxylation sites is 1. The molecule has 0 bridgehead atoms. The summed E-state index contributed by atoms with van der Waals surface area (Å²) in [6, 6.07) is 19.0. The Labute approximate surface area is 160 Å². The minimum absolute atomic E-state index is 0.379. The molecule has 0 atom stereocenters. The number of nitrogens with zero attached hydrogens (tertiary/aromatic N) is 1. The number of benzene rings is 2. The van der Waals surface area contributed by atoms with Crippen molar-refractivity contribution in [2.24, 2.45) is 5.73 Å². The SMILES string of the molecule is C=CCN1CCNCC1.NC(=O)c1ccccc1.c1ccc2[nH]ccc2c1. The van der Waals surface area contributed by atoms with E-state index in [1.54, 1.807) is 24.3 Å². The Bertz CT molecular complexity index is 777. The van der Waals surface area contributed by atoms with E-state index in [-0.39, 0.29) is 5.91 Å². The van der Waals surface area contributed by atoms with Crippen molar-refractivity contribution in [1.29, 1.82) is 0 Å². The van der Waals surface area contributed by atoms with Crippen LogP contribution in [0, 0.1) is 0 Å². The number of H-pyrrole nitrogens is 1. The van der Waals surface area contributed by atoms with Gasteiger partial charge in [-0.15, -0.1) is 6.58 Å². The molecule has 4 N–H and O–H groups in total. The lowest BCUT2D eigenvalue weighted by Crippen LogP contribution is -2.43. The smallest absolute Gasteiger partial charge is 0.248 e. The van der Waals surface area contributed by atoms with Crippen LogP contribution in [0.15, 0.2) is 79.5 Å². The predicted molar refractivity (Wildman–Crippen MR) is 113 cm³/mol. The molecule has 27 heavy (non-hydrogen) atoms. The average molecular weight is 364 g/mol. The Morgan fingerprint density at radius 2 is 1.70 bits per heavy atom. The van der Waals surface area contributed by atoms with Crippen molar-refractivity contribution in [2.45, 2.75) is 0 Å². The number of carbonyl (C=O) groups excluding carboxylic acids is 1. The van der Waals surface area contributed by atoms with Crippen LogP contribution < -0.4 is 11.1 Å². The van der Waals surface area contributed by atoms with Crippen molar-refractivity contribution in [3.8, 4) is 0 Å². The molecular formula is C22H28N4O. The van der Waals surface area contributed by atoms with E-state index in [2.05, 4.69) is 40.0 Å². The molecule has 0 saturated carbocycles. The van der Waals surface area contributed by atoms with Crippen molar-refractivity contribution >= 4 is 16.8 Å². The maximum atomic E-state index is 10.4. The van der Waals surface area contributed by atoms with E-state index in [1.807, 2.05) is 30.5 Å². The van der Waals surface area contributed by atoms with E-state index in [1.165, 1.54) is 24.0 Å². The van der Waals surface area contributed by atoms with Crippen molar-refractivity contribution in [2.75, 3.05) is 32.7 Å². The first kappa shape index (κ1) is 20.4. The summed E-state index contributed by atoms with van der Waals surface area (Å²) in [5, 5.41) is 4.57. The summed E-state index contributed by atoms with van der Waals surface area (Å²) < 4.78 is 0. The van der Waals surface area contributed by atoms with Crippen LogP contribution in [0.2, 0.25) is 0 Å². The van der Waals surface area contributed by atoms with Gasteiger partial charge < -0.3 is 16.0 Å².